The largest absolute Gasteiger partial charge is 0.465 e. The van der Waals surface area contributed by atoms with Crippen molar-refractivity contribution in [3.05, 3.63) is 0 Å². The van der Waals surface area contributed by atoms with E-state index >= 15 is 0 Å². The maximum atomic E-state index is 10.8. The van der Waals surface area contributed by atoms with Crippen LogP contribution in [-0.2, 0) is 0 Å². The highest BCUT2D eigenvalue weighted by atomic mass is 16.4. The van der Waals surface area contributed by atoms with E-state index in [1.807, 2.05) is 6.92 Å². The van der Waals surface area contributed by atoms with Crippen molar-refractivity contribution in [1.29, 1.82) is 0 Å². The van der Waals surface area contributed by atoms with Gasteiger partial charge in [-0.05, 0) is 31.6 Å². The van der Waals surface area contributed by atoms with Crippen LogP contribution in [0.2, 0.25) is 0 Å². The van der Waals surface area contributed by atoms with E-state index in [0.29, 0.717) is 18.4 Å². The summed E-state index contributed by atoms with van der Waals surface area (Å²) in [7, 11) is 0. The molecule has 1 rings (SSSR count). The van der Waals surface area contributed by atoms with Crippen LogP contribution in [0, 0.1) is 11.8 Å². The Morgan fingerprint density at radius 2 is 2.23 bits per heavy atom. The summed E-state index contributed by atoms with van der Waals surface area (Å²) in [5.74, 6) is 1.23. The molecule has 76 valence electrons. The molecule has 0 saturated carbocycles. The molecule has 2 unspecified atom stereocenters. The lowest BCUT2D eigenvalue weighted by Crippen LogP contribution is -2.34. The van der Waals surface area contributed by atoms with Gasteiger partial charge in [-0.15, -0.1) is 0 Å². The third-order valence-electron chi connectivity index (χ3n) is 2.93. The molecule has 1 amide bonds. The van der Waals surface area contributed by atoms with E-state index < -0.39 is 6.09 Å². The normalized spacial score (nSPS) is 28.5. The number of amides is 1. The van der Waals surface area contributed by atoms with Gasteiger partial charge in [0.15, 0.2) is 0 Å². The molecule has 1 aliphatic heterocycles. The minimum absolute atomic E-state index is 0.208. The Bertz CT molecular complexity index is 191. The SMILES string of the molecule is CC(C)CC1CCN(C(=O)O)C1C. The fourth-order valence-corrected chi connectivity index (χ4v) is 2.19. The summed E-state index contributed by atoms with van der Waals surface area (Å²) in [4.78, 5) is 12.3. The van der Waals surface area contributed by atoms with Gasteiger partial charge >= 0.3 is 6.09 Å². The first kappa shape index (κ1) is 10.4. The molecule has 0 aromatic heterocycles. The highest BCUT2D eigenvalue weighted by Gasteiger charge is 2.33. The summed E-state index contributed by atoms with van der Waals surface area (Å²) >= 11 is 0. The average Bonchev–Trinajstić information content (AvgIpc) is 2.32. The number of hydrogen-bond acceptors (Lipinski definition) is 1. The van der Waals surface area contributed by atoms with Crippen molar-refractivity contribution < 1.29 is 9.90 Å². The van der Waals surface area contributed by atoms with Crippen LogP contribution in [0.1, 0.15) is 33.6 Å². The zero-order valence-electron chi connectivity index (χ0n) is 8.66. The van der Waals surface area contributed by atoms with E-state index in [2.05, 4.69) is 13.8 Å². The molecule has 0 aliphatic carbocycles. The zero-order valence-corrected chi connectivity index (χ0v) is 8.66. The molecular weight excluding hydrogens is 166 g/mol. The summed E-state index contributed by atoms with van der Waals surface area (Å²) in [6.07, 6.45) is 1.41. The Hall–Kier alpha value is -0.730. The smallest absolute Gasteiger partial charge is 0.407 e. The molecular formula is C10H19NO2. The molecule has 2 atom stereocenters. The van der Waals surface area contributed by atoms with Gasteiger partial charge in [-0.3, -0.25) is 0 Å². The maximum absolute atomic E-state index is 10.8. The van der Waals surface area contributed by atoms with E-state index in [0.717, 1.165) is 12.8 Å². The number of hydrogen-bond donors (Lipinski definition) is 1. The van der Waals surface area contributed by atoms with Crippen LogP contribution in [-0.4, -0.2) is 28.7 Å². The predicted octanol–water partition coefficient (Wildman–Crippen LogP) is 2.42. The second-order valence-electron chi connectivity index (χ2n) is 4.39. The van der Waals surface area contributed by atoms with E-state index in [4.69, 9.17) is 5.11 Å². The van der Waals surface area contributed by atoms with Gasteiger partial charge in [0.2, 0.25) is 0 Å². The summed E-state index contributed by atoms with van der Waals surface area (Å²) < 4.78 is 0. The van der Waals surface area contributed by atoms with Gasteiger partial charge in [-0.2, -0.15) is 0 Å². The van der Waals surface area contributed by atoms with E-state index in [9.17, 15) is 4.79 Å². The first-order valence-electron chi connectivity index (χ1n) is 5.02. The number of likely N-dealkylation sites (tertiary alicyclic amines) is 1. The number of carboxylic acid groups (broad SMARTS) is 1. The fourth-order valence-electron chi connectivity index (χ4n) is 2.19. The molecule has 3 nitrogen and oxygen atoms in total. The van der Waals surface area contributed by atoms with Gasteiger partial charge in [0.1, 0.15) is 0 Å². The van der Waals surface area contributed by atoms with Crippen molar-refractivity contribution in [2.75, 3.05) is 6.54 Å². The Kier molecular flexibility index (Phi) is 3.17. The van der Waals surface area contributed by atoms with Crippen LogP contribution in [0.5, 0.6) is 0 Å². The van der Waals surface area contributed by atoms with Gasteiger partial charge < -0.3 is 10.0 Å². The van der Waals surface area contributed by atoms with Crippen molar-refractivity contribution in [3.63, 3.8) is 0 Å². The highest BCUT2D eigenvalue weighted by Crippen LogP contribution is 2.29. The maximum Gasteiger partial charge on any atom is 0.407 e. The third-order valence-corrected chi connectivity index (χ3v) is 2.93. The van der Waals surface area contributed by atoms with Gasteiger partial charge in [0, 0.05) is 12.6 Å². The van der Waals surface area contributed by atoms with Crippen LogP contribution in [0.25, 0.3) is 0 Å². The molecule has 0 aromatic rings. The minimum atomic E-state index is -0.765. The monoisotopic (exact) mass is 185 g/mol. The average molecular weight is 185 g/mol. The van der Waals surface area contributed by atoms with Crippen LogP contribution in [0.15, 0.2) is 0 Å². The van der Waals surface area contributed by atoms with E-state index in [-0.39, 0.29) is 6.04 Å². The van der Waals surface area contributed by atoms with Crippen molar-refractivity contribution in [2.45, 2.75) is 39.7 Å². The topological polar surface area (TPSA) is 40.5 Å². The second kappa shape index (κ2) is 3.99. The first-order chi connectivity index (χ1) is 6.02. The van der Waals surface area contributed by atoms with Crippen LogP contribution < -0.4 is 0 Å². The molecule has 1 N–H and O–H groups in total. The van der Waals surface area contributed by atoms with Crippen molar-refractivity contribution in [1.82, 2.24) is 4.90 Å². The summed E-state index contributed by atoms with van der Waals surface area (Å²) in [6.45, 7) is 7.12. The van der Waals surface area contributed by atoms with Crippen LogP contribution in [0.3, 0.4) is 0 Å². The quantitative estimate of drug-likeness (QED) is 0.717. The number of nitrogens with zero attached hydrogens (tertiary/aromatic N) is 1. The van der Waals surface area contributed by atoms with Crippen molar-refractivity contribution >= 4 is 6.09 Å². The third kappa shape index (κ3) is 2.36. The predicted molar refractivity (Wildman–Crippen MR) is 51.8 cm³/mol. The molecule has 3 heteroatoms. The standard InChI is InChI=1S/C10H19NO2/c1-7(2)6-9-4-5-11(8(9)3)10(12)13/h7-9H,4-6H2,1-3H3,(H,12,13). The van der Waals surface area contributed by atoms with Gasteiger partial charge in [0.25, 0.3) is 0 Å². The molecule has 13 heavy (non-hydrogen) atoms. The minimum Gasteiger partial charge on any atom is -0.465 e. The Balaban J connectivity index is 2.50. The van der Waals surface area contributed by atoms with Gasteiger partial charge in [-0.1, -0.05) is 13.8 Å². The Morgan fingerprint density at radius 3 is 2.62 bits per heavy atom. The number of rotatable bonds is 2. The molecule has 1 saturated heterocycles. The molecule has 1 heterocycles. The first-order valence-corrected chi connectivity index (χ1v) is 5.02. The van der Waals surface area contributed by atoms with Crippen LogP contribution in [0.4, 0.5) is 4.79 Å². The zero-order chi connectivity index (χ0) is 10.0. The lowest BCUT2D eigenvalue weighted by molar-refractivity contribution is 0.137. The molecule has 0 spiro atoms. The summed E-state index contributed by atoms with van der Waals surface area (Å²) in [5.41, 5.74) is 0. The lowest BCUT2D eigenvalue weighted by Gasteiger charge is -2.22. The molecule has 0 radical (unpaired) electrons. The van der Waals surface area contributed by atoms with E-state index in [1.165, 1.54) is 0 Å². The van der Waals surface area contributed by atoms with Crippen molar-refractivity contribution in [2.24, 2.45) is 11.8 Å². The van der Waals surface area contributed by atoms with Crippen LogP contribution >= 0.6 is 0 Å². The Morgan fingerprint density at radius 1 is 1.62 bits per heavy atom. The van der Waals surface area contributed by atoms with E-state index in [1.54, 1.807) is 4.90 Å². The fraction of sp³-hybridized carbons (Fsp3) is 0.900. The van der Waals surface area contributed by atoms with Gasteiger partial charge in [0.05, 0.1) is 0 Å². The van der Waals surface area contributed by atoms with Crippen molar-refractivity contribution in [3.8, 4) is 0 Å². The molecule has 1 fully saturated rings. The van der Waals surface area contributed by atoms with Gasteiger partial charge in [-0.25, -0.2) is 4.79 Å². The molecule has 0 aromatic carbocycles. The molecule has 0 bridgehead atoms. The summed E-state index contributed by atoms with van der Waals surface area (Å²) in [5, 5.41) is 8.86. The lowest BCUT2D eigenvalue weighted by atomic mass is 9.91. The molecule has 1 aliphatic rings. The second-order valence-corrected chi connectivity index (χ2v) is 4.39. The number of carbonyl (C=O) groups is 1. The Labute approximate surface area is 79.7 Å². The summed E-state index contributed by atoms with van der Waals surface area (Å²) in [6, 6.07) is 0.208. The highest BCUT2D eigenvalue weighted by molar-refractivity contribution is 5.65.